The summed E-state index contributed by atoms with van der Waals surface area (Å²) in [6.07, 6.45) is 1.13. The lowest BCUT2D eigenvalue weighted by Crippen LogP contribution is -2.11. The molecule has 1 aliphatic heterocycles. The number of carbonyl (C=O) groups excluding carboxylic acids is 1. The monoisotopic (exact) mass is 334 g/mol. The first kappa shape index (κ1) is 15.5. The lowest BCUT2D eigenvalue weighted by Gasteiger charge is -2.08. The van der Waals surface area contributed by atoms with E-state index in [9.17, 15) is 4.79 Å². The molecule has 0 radical (unpaired) electrons. The zero-order valence-corrected chi connectivity index (χ0v) is 14.0. The summed E-state index contributed by atoms with van der Waals surface area (Å²) in [6.45, 7) is 0.712. The summed E-state index contributed by atoms with van der Waals surface area (Å²) in [7, 11) is 1.63. The van der Waals surface area contributed by atoms with Gasteiger partial charge in [0, 0.05) is 6.42 Å². The number of carbonyl (C=O) groups is 1. The Bertz CT molecular complexity index is 946. The van der Waals surface area contributed by atoms with Crippen molar-refractivity contribution in [2.75, 3.05) is 13.7 Å². The Morgan fingerprint density at radius 2 is 1.80 bits per heavy atom. The lowest BCUT2D eigenvalue weighted by atomic mass is 10.1. The van der Waals surface area contributed by atoms with Crippen LogP contribution in [0.3, 0.4) is 0 Å². The summed E-state index contributed by atoms with van der Waals surface area (Å²) in [5.74, 6) is 1.95. The van der Waals surface area contributed by atoms with E-state index in [4.69, 9.17) is 14.2 Å². The van der Waals surface area contributed by atoms with Gasteiger partial charge in [-0.1, -0.05) is 24.3 Å². The highest BCUT2D eigenvalue weighted by atomic mass is 16.5. The highest BCUT2D eigenvalue weighted by molar-refractivity contribution is 5.86. The number of rotatable bonds is 4. The quantitative estimate of drug-likeness (QED) is 0.536. The van der Waals surface area contributed by atoms with Crippen LogP contribution in [0.25, 0.3) is 10.8 Å². The van der Waals surface area contributed by atoms with E-state index in [1.807, 2.05) is 54.6 Å². The minimum atomic E-state index is -0.277. The fourth-order valence-corrected chi connectivity index (χ4v) is 3.08. The van der Waals surface area contributed by atoms with Crippen LogP contribution in [0.2, 0.25) is 0 Å². The SMILES string of the molecule is COc1ccc2ccc(OC(=O)Cc3ccc4c(c3)CCO4)cc2c1. The zero-order valence-electron chi connectivity index (χ0n) is 14.0. The van der Waals surface area contributed by atoms with Crippen LogP contribution in [0.15, 0.2) is 54.6 Å². The number of hydrogen-bond acceptors (Lipinski definition) is 4. The lowest BCUT2D eigenvalue weighted by molar-refractivity contribution is -0.133. The molecule has 3 aromatic carbocycles. The Labute approximate surface area is 145 Å². The van der Waals surface area contributed by atoms with Crippen LogP contribution in [-0.4, -0.2) is 19.7 Å². The third kappa shape index (κ3) is 3.29. The number of ether oxygens (including phenoxy) is 3. The van der Waals surface area contributed by atoms with Crippen molar-refractivity contribution in [3.63, 3.8) is 0 Å². The molecule has 3 aromatic rings. The summed E-state index contributed by atoms with van der Waals surface area (Å²) in [6, 6.07) is 17.3. The summed E-state index contributed by atoms with van der Waals surface area (Å²) < 4.78 is 16.2. The molecule has 126 valence electrons. The van der Waals surface area contributed by atoms with E-state index >= 15 is 0 Å². The van der Waals surface area contributed by atoms with Crippen molar-refractivity contribution in [1.82, 2.24) is 0 Å². The topological polar surface area (TPSA) is 44.8 Å². The van der Waals surface area contributed by atoms with E-state index in [0.717, 1.165) is 39.8 Å². The van der Waals surface area contributed by atoms with Crippen molar-refractivity contribution in [3.05, 3.63) is 65.7 Å². The predicted octanol–water partition coefficient (Wildman–Crippen LogP) is 3.93. The van der Waals surface area contributed by atoms with Gasteiger partial charge >= 0.3 is 5.97 Å². The van der Waals surface area contributed by atoms with Gasteiger partial charge in [0.05, 0.1) is 20.1 Å². The first-order chi connectivity index (χ1) is 12.2. The number of hydrogen-bond donors (Lipinski definition) is 0. The van der Waals surface area contributed by atoms with Gasteiger partial charge in [0.2, 0.25) is 0 Å². The molecule has 0 aliphatic carbocycles. The van der Waals surface area contributed by atoms with Crippen LogP contribution in [0.5, 0.6) is 17.2 Å². The third-order valence-electron chi connectivity index (χ3n) is 4.35. The molecule has 25 heavy (non-hydrogen) atoms. The van der Waals surface area contributed by atoms with Gasteiger partial charge in [-0.3, -0.25) is 4.79 Å². The van der Waals surface area contributed by atoms with Gasteiger partial charge in [0.1, 0.15) is 17.2 Å². The molecule has 4 heteroatoms. The Balaban J connectivity index is 1.49. The second-order valence-electron chi connectivity index (χ2n) is 6.07. The van der Waals surface area contributed by atoms with E-state index in [-0.39, 0.29) is 12.4 Å². The highest BCUT2D eigenvalue weighted by Crippen LogP contribution is 2.27. The molecule has 1 aliphatic rings. The van der Waals surface area contributed by atoms with E-state index in [2.05, 4.69) is 0 Å². The van der Waals surface area contributed by atoms with E-state index in [1.165, 1.54) is 0 Å². The van der Waals surface area contributed by atoms with Gasteiger partial charge in [0.25, 0.3) is 0 Å². The Kier molecular flexibility index (Phi) is 4.02. The van der Waals surface area contributed by atoms with Crippen LogP contribution in [-0.2, 0) is 17.6 Å². The van der Waals surface area contributed by atoms with Crippen molar-refractivity contribution in [2.24, 2.45) is 0 Å². The zero-order chi connectivity index (χ0) is 17.2. The Hall–Kier alpha value is -3.01. The summed E-state index contributed by atoms with van der Waals surface area (Å²) in [4.78, 5) is 12.3. The van der Waals surface area contributed by atoms with Crippen molar-refractivity contribution in [3.8, 4) is 17.2 Å². The van der Waals surface area contributed by atoms with Gasteiger partial charge in [-0.2, -0.15) is 0 Å². The molecule has 0 saturated heterocycles. The number of methoxy groups -OCH3 is 1. The molecule has 0 aromatic heterocycles. The molecule has 0 N–H and O–H groups in total. The minimum Gasteiger partial charge on any atom is -0.497 e. The van der Waals surface area contributed by atoms with Crippen LogP contribution in [0.1, 0.15) is 11.1 Å². The standard InChI is InChI=1S/C21H18O4/c1-23-18-5-3-15-4-6-19(13-17(15)12-18)25-21(22)11-14-2-7-20-16(10-14)8-9-24-20/h2-7,10,12-13H,8-9,11H2,1H3. The Morgan fingerprint density at radius 1 is 1.00 bits per heavy atom. The molecular formula is C21H18O4. The summed E-state index contributed by atoms with van der Waals surface area (Å²) in [5, 5.41) is 2.04. The van der Waals surface area contributed by atoms with E-state index in [0.29, 0.717) is 12.4 Å². The van der Waals surface area contributed by atoms with E-state index in [1.54, 1.807) is 7.11 Å². The van der Waals surface area contributed by atoms with Crippen molar-refractivity contribution < 1.29 is 19.0 Å². The molecule has 0 unspecified atom stereocenters. The first-order valence-electron chi connectivity index (χ1n) is 8.24. The van der Waals surface area contributed by atoms with Gasteiger partial charge in [-0.05, 0) is 52.2 Å². The van der Waals surface area contributed by atoms with Crippen molar-refractivity contribution in [1.29, 1.82) is 0 Å². The normalized spacial score (nSPS) is 12.5. The molecule has 4 rings (SSSR count). The summed E-state index contributed by atoms with van der Waals surface area (Å²) >= 11 is 0. The molecule has 0 amide bonds. The largest absolute Gasteiger partial charge is 0.497 e. The van der Waals surface area contributed by atoms with Crippen LogP contribution in [0, 0.1) is 0 Å². The average Bonchev–Trinajstić information content (AvgIpc) is 3.08. The smallest absolute Gasteiger partial charge is 0.315 e. The maximum atomic E-state index is 12.3. The second-order valence-corrected chi connectivity index (χ2v) is 6.07. The molecule has 1 heterocycles. The molecule has 0 spiro atoms. The molecular weight excluding hydrogens is 316 g/mol. The molecule has 0 saturated carbocycles. The second kappa shape index (κ2) is 6.48. The fourth-order valence-electron chi connectivity index (χ4n) is 3.08. The number of benzene rings is 3. The van der Waals surface area contributed by atoms with E-state index < -0.39 is 0 Å². The minimum absolute atomic E-state index is 0.240. The maximum absolute atomic E-state index is 12.3. The molecule has 0 atom stereocenters. The maximum Gasteiger partial charge on any atom is 0.315 e. The molecule has 4 nitrogen and oxygen atoms in total. The molecule has 0 bridgehead atoms. The van der Waals surface area contributed by atoms with Gasteiger partial charge in [-0.15, -0.1) is 0 Å². The van der Waals surface area contributed by atoms with Crippen LogP contribution < -0.4 is 14.2 Å². The van der Waals surface area contributed by atoms with Gasteiger partial charge < -0.3 is 14.2 Å². The van der Waals surface area contributed by atoms with Crippen LogP contribution >= 0.6 is 0 Å². The number of esters is 1. The Morgan fingerprint density at radius 3 is 2.64 bits per heavy atom. The van der Waals surface area contributed by atoms with Gasteiger partial charge in [0.15, 0.2) is 0 Å². The highest BCUT2D eigenvalue weighted by Gasteiger charge is 2.14. The third-order valence-corrected chi connectivity index (χ3v) is 4.35. The van der Waals surface area contributed by atoms with Crippen molar-refractivity contribution >= 4 is 16.7 Å². The van der Waals surface area contributed by atoms with Crippen LogP contribution in [0.4, 0.5) is 0 Å². The first-order valence-corrected chi connectivity index (χ1v) is 8.24. The average molecular weight is 334 g/mol. The number of fused-ring (bicyclic) bond motifs is 2. The fraction of sp³-hybridized carbons (Fsp3) is 0.190. The van der Waals surface area contributed by atoms with Gasteiger partial charge in [-0.25, -0.2) is 0 Å². The van der Waals surface area contributed by atoms with Crippen molar-refractivity contribution in [2.45, 2.75) is 12.8 Å². The summed E-state index contributed by atoms with van der Waals surface area (Å²) in [5.41, 5.74) is 2.10. The molecule has 0 fully saturated rings. The predicted molar refractivity (Wildman–Crippen MR) is 95.5 cm³/mol.